The summed E-state index contributed by atoms with van der Waals surface area (Å²) in [7, 11) is 0. The van der Waals surface area contributed by atoms with Crippen LogP contribution in [-0.4, -0.2) is 15.2 Å². The number of thiophene rings is 1. The molecular weight excluding hydrogens is 328 g/mol. The summed E-state index contributed by atoms with van der Waals surface area (Å²) in [6.07, 6.45) is 0. The molecule has 0 bridgehead atoms. The van der Waals surface area contributed by atoms with Crippen molar-refractivity contribution < 1.29 is 9.63 Å². The van der Waals surface area contributed by atoms with Gasteiger partial charge < -0.3 is 9.63 Å². The van der Waals surface area contributed by atoms with Crippen molar-refractivity contribution in [2.24, 2.45) is 0 Å². The molecule has 0 saturated heterocycles. The number of phenols is 1. The summed E-state index contributed by atoms with van der Waals surface area (Å²) in [6.45, 7) is 1.83. The summed E-state index contributed by atoms with van der Waals surface area (Å²) < 4.78 is 6.24. The highest BCUT2D eigenvalue weighted by Gasteiger charge is 2.13. The van der Waals surface area contributed by atoms with Crippen LogP contribution >= 0.6 is 27.3 Å². The van der Waals surface area contributed by atoms with Crippen LogP contribution < -0.4 is 0 Å². The second-order valence-electron chi connectivity index (χ2n) is 4.03. The van der Waals surface area contributed by atoms with Crippen LogP contribution in [0.25, 0.3) is 22.2 Å². The minimum atomic E-state index is 0.219. The van der Waals surface area contributed by atoms with Crippen LogP contribution in [0.15, 0.2) is 38.6 Å². The number of phenolic OH excluding ortho intramolecular Hbond substituents is 1. The number of hydrogen-bond acceptors (Lipinski definition) is 5. The molecule has 3 rings (SSSR count). The molecule has 1 aromatic carbocycles. The molecule has 0 aliphatic carbocycles. The first-order chi connectivity index (χ1) is 9.13. The fourth-order valence-corrected chi connectivity index (χ4v) is 2.93. The molecule has 6 heteroatoms. The first kappa shape index (κ1) is 12.4. The van der Waals surface area contributed by atoms with Crippen molar-refractivity contribution in [3.8, 4) is 27.9 Å². The topological polar surface area (TPSA) is 59.2 Å². The molecule has 0 unspecified atom stereocenters. The van der Waals surface area contributed by atoms with Gasteiger partial charge in [-0.2, -0.15) is 4.98 Å². The van der Waals surface area contributed by atoms with E-state index in [4.69, 9.17) is 4.52 Å². The summed E-state index contributed by atoms with van der Waals surface area (Å²) in [5.41, 5.74) is 1.52. The standard InChI is InChI=1S/C13H9BrN2O2S/c1-7-2-3-8(6-9(7)17)13-15-12(16-18-13)10-4-5-11(14)19-10/h2-6,17H,1H3. The van der Waals surface area contributed by atoms with Crippen LogP contribution in [0, 0.1) is 6.92 Å². The van der Waals surface area contributed by atoms with E-state index in [2.05, 4.69) is 26.1 Å². The minimum absolute atomic E-state index is 0.219. The van der Waals surface area contributed by atoms with Crippen LogP contribution in [-0.2, 0) is 0 Å². The van der Waals surface area contributed by atoms with Gasteiger partial charge in [-0.05, 0) is 52.7 Å². The maximum atomic E-state index is 9.69. The van der Waals surface area contributed by atoms with Gasteiger partial charge in [-0.25, -0.2) is 0 Å². The Morgan fingerprint density at radius 2 is 2.11 bits per heavy atom. The maximum absolute atomic E-state index is 9.69. The summed E-state index contributed by atoms with van der Waals surface area (Å²) >= 11 is 4.94. The van der Waals surface area contributed by atoms with Crippen molar-refractivity contribution >= 4 is 27.3 Å². The average Bonchev–Trinajstić information content (AvgIpc) is 3.01. The lowest BCUT2D eigenvalue weighted by molar-refractivity contribution is 0.431. The van der Waals surface area contributed by atoms with Crippen LogP contribution in [0.5, 0.6) is 5.75 Å². The van der Waals surface area contributed by atoms with E-state index in [9.17, 15) is 5.11 Å². The van der Waals surface area contributed by atoms with E-state index >= 15 is 0 Å². The molecule has 2 heterocycles. The second kappa shape index (κ2) is 4.79. The third kappa shape index (κ3) is 2.41. The van der Waals surface area contributed by atoms with E-state index in [0.717, 1.165) is 14.2 Å². The van der Waals surface area contributed by atoms with Crippen molar-refractivity contribution in [2.45, 2.75) is 6.92 Å². The fraction of sp³-hybridized carbons (Fsp3) is 0.0769. The largest absolute Gasteiger partial charge is 0.508 e. The summed E-state index contributed by atoms with van der Waals surface area (Å²) in [5.74, 6) is 1.16. The number of aromatic nitrogens is 2. The van der Waals surface area contributed by atoms with Crippen LogP contribution in [0.1, 0.15) is 5.56 Å². The molecule has 96 valence electrons. The van der Waals surface area contributed by atoms with Crippen LogP contribution in [0.3, 0.4) is 0 Å². The zero-order valence-corrected chi connectivity index (χ0v) is 12.3. The van der Waals surface area contributed by atoms with Gasteiger partial charge in [0.15, 0.2) is 0 Å². The van der Waals surface area contributed by atoms with Gasteiger partial charge >= 0.3 is 0 Å². The van der Waals surface area contributed by atoms with Crippen molar-refractivity contribution in [1.82, 2.24) is 10.1 Å². The van der Waals surface area contributed by atoms with Crippen molar-refractivity contribution in [3.05, 3.63) is 39.7 Å². The van der Waals surface area contributed by atoms with Crippen molar-refractivity contribution in [2.75, 3.05) is 0 Å². The third-order valence-electron chi connectivity index (χ3n) is 2.68. The predicted molar refractivity (Wildman–Crippen MR) is 77.1 cm³/mol. The Morgan fingerprint density at radius 1 is 1.26 bits per heavy atom. The highest BCUT2D eigenvalue weighted by atomic mass is 79.9. The van der Waals surface area contributed by atoms with Crippen molar-refractivity contribution in [1.29, 1.82) is 0 Å². The lowest BCUT2D eigenvalue weighted by atomic mass is 10.1. The predicted octanol–water partition coefficient (Wildman–Crippen LogP) is 4.24. The molecule has 0 atom stereocenters. The number of benzene rings is 1. The van der Waals surface area contributed by atoms with Gasteiger partial charge in [0.05, 0.1) is 8.66 Å². The Balaban J connectivity index is 1.98. The number of aromatic hydroxyl groups is 1. The van der Waals surface area contributed by atoms with E-state index < -0.39 is 0 Å². The highest BCUT2D eigenvalue weighted by molar-refractivity contribution is 9.11. The Labute approximate surface area is 121 Å². The quantitative estimate of drug-likeness (QED) is 0.760. The summed E-state index contributed by atoms with van der Waals surface area (Å²) in [4.78, 5) is 5.26. The zero-order chi connectivity index (χ0) is 13.4. The molecule has 0 fully saturated rings. The number of nitrogens with zero attached hydrogens (tertiary/aromatic N) is 2. The van der Waals surface area contributed by atoms with E-state index in [0.29, 0.717) is 17.3 Å². The zero-order valence-electron chi connectivity index (χ0n) is 9.92. The van der Waals surface area contributed by atoms with Crippen LogP contribution in [0.2, 0.25) is 0 Å². The Kier molecular flexibility index (Phi) is 3.12. The molecule has 19 heavy (non-hydrogen) atoms. The molecule has 1 N–H and O–H groups in total. The lowest BCUT2D eigenvalue weighted by Gasteiger charge is -1.99. The summed E-state index contributed by atoms with van der Waals surface area (Å²) in [6, 6.07) is 9.15. The molecule has 2 aromatic heterocycles. The second-order valence-corrected chi connectivity index (χ2v) is 6.49. The van der Waals surface area contributed by atoms with Gasteiger partial charge in [0.25, 0.3) is 5.89 Å². The maximum Gasteiger partial charge on any atom is 0.258 e. The third-order valence-corrected chi connectivity index (χ3v) is 4.30. The Hall–Kier alpha value is -1.66. The van der Waals surface area contributed by atoms with E-state index in [-0.39, 0.29) is 5.75 Å². The van der Waals surface area contributed by atoms with Crippen LogP contribution in [0.4, 0.5) is 0 Å². The molecule has 0 aliphatic rings. The SMILES string of the molecule is Cc1ccc(-c2nc(-c3ccc(Br)s3)no2)cc1O. The first-order valence-electron chi connectivity index (χ1n) is 5.53. The minimum Gasteiger partial charge on any atom is -0.508 e. The van der Waals surface area contributed by atoms with Crippen molar-refractivity contribution in [3.63, 3.8) is 0 Å². The van der Waals surface area contributed by atoms with Gasteiger partial charge in [-0.3, -0.25) is 0 Å². The van der Waals surface area contributed by atoms with E-state index in [1.165, 1.54) is 11.3 Å². The average molecular weight is 337 g/mol. The Bertz CT molecular complexity index is 736. The van der Waals surface area contributed by atoms with Gasteiger partial charge in [-0.15, -0.1) is 11.3 Å². The number of hydrogen-bond donors (Lipinski definition) is 1. The van der Waals surface area contributed by atoms with E-state index in [1.807, 2.05) is 31.2 Å². The van der Waals surface area contributed by atoms with Gasteiger partial charge in [0, 0.05) is 5.56 Å². The number of aryl methyl sites for hydroxylation is 1. The first-order valence-corrected chi connectivity index (χ1v) is 7.14. The van der Waals surface area contributed by atoms with Gasteiger partial charge in [0.1, 0.15) is 5.75 Å². The fourth-order valence-electron chi connectivity index (χ4n) is 1.62. The monoisotopic (exact) mass is 336 g/mol. The highest BCUT2D eigenvalue weighted by Crippen LogP contribution is 2.31. The van der Waals surface area contributed by atoms with Gasteiger partial charge in [-0.1, -0.05) is 11.2 Å². The summed E-state index contributed by atoms with van der Waals surface area (Å²) in [5, 5.41) is 13.6. The molecule has 0 spiro atoms. The number of halogens is 1. The van der Waals surface area contributed by atoms with Gasteiger partial charge in [0.2, 0.25) is 5.82 Å². The smallest absolute Gasteiger partial charge is 0.258 e. The molecule has 0 aliphatic heterocycles. The lowest BCUT2D eigenvalue weighted by Crippen LogP contribution is -1.80. The number of rotatable bonds is 2. The molecule has 0 amide bonds. The molecule has 0 saturated carbocycles. The molecule has 0 radical (unpaired) electrons. The molecule has 4 nitrogen and oxygen atoms in total. The van der Waals surface area contributed by atoms with E-state index in [1.54, 1.807) is 6.07 Å². The molecular formula is C13H9BrN2O2S. The normalized spacial score (nSPS) is 10.8. The Morgan fingerprint density at radius 3 is 2.79 bits per heavy atom. The molecule has 3 aromatic rings.